The molecule has 0 radical (unpaired) electrons. The number of nitrogens with one attached hydrogen (secondary N) is 1. The van der Waals surface area contributed by atoms with Gasteiger partial charge in [0.2, 0.25) is 0 Å². The van der Waals surface area contributed by atoms with Crippen molar-refractivity contribution >= 4 is 15.7 Å². The van der Waals surface area contributed by atoms with Gasteiger partial charge in [0.25, 0.3) is 0 Å². The van der Waals surface area contributed by atoms with Crippen LogP contribution in [-0.4, -0.2) is 50.5 Å². The maximum Gasteiger partial charge on any atom is 0.175 e. The quantitative estimate of drug-likeness (QED) is 0.899. The van der Waals surface area contributed by atoms with Crippen molar-refractivity contribution in [3.63, 3.8) is 0 Å². The maximum atomic E-state index is 11.5. The number of aromatic nitrogens is 2. The molecule has 1 fully saturated rings. The van der Waals surface area contributed by atoms with Crippen LogP contribution >= 0.6 is 0 Å². The topological polar surface area (TPSA) is 75.2 Å². The summed E-state index contributed by atoms with van der Waals surface area (Å²) >= 11 is 0. The molecular weight excluding hydrogens is 336 g/mol. The number of piperazine rings is 1. The molecule has 25 heavy (non-hydrogen) atoms. The van der Waals surface area contributed by atoms with Crippen molar-refractivity contribution in [2.45, 2.75) is 24.8 Å². The van der Waals surface area contributed by atoms with Crippen molar-refractivity contribution < 1.29 is 8.42 Å². The number of hydrogen-bond donors (Lipinski definition) is 1. The van der Waals surface area contributed by atoms with Crippen molar-refractivity contribution in [1.82, 2.24) is 15.5 Å². The first kappa shape index (κ1) is 17.8. The van der Waals surface area contributed by atoms with Crippen LogP contribution in [0.1, 0.15) is 13.8 Å². The molecule has 1 atom stereocenters. The van der Waals surface area contributed by atoms with Gasteiger partial charge in [0.05, 0.1) is 10.6 Å². The van der Waals surface area contributed by atoms with Gasteiger partial charge < -0.3 is 10.2 Å². The van der Waals surface area contributed by atoms with E-state index in [1.807, 2.05) is 12.1 Å². The lowest BCUT2D eigenvalue weighted by Crippen LogP contribution is -2.53. The van der Waals surface area contributed by atoms with Gasteiger partial charge in [-0.25, -0.2) is 8.42 Å². The molecule has 2 heterocycles. The second kappa shape index (κ2) is 7.09. The Labute approximate surface area is 149 Å². The predicted molar refractivity (Wildman–Crippen MR) is 99.4 cm³/mol. The summed E-state index contributed by atoms with van der Waals surface area (Å²) < 4.78 is 23.1. The van der Waals surface area contributed by atoms with E-state index in [0.29, 0.717) is 16.9 Å². The molecule has 0 spiro atoms. The highest BCUT2D eigenvalue weighted by atomic mass is 32.2. The van der Waals surface area contributed by atoms with E-state index < -0.39 is 9.84 Å². The van der Waals surface area contributed by atoms with Gasteiger partial charge in [-0.3, -0.25) is 0 Å². The van der Waals surface area contributed by atoms with Crippen molar-refractivity contribution in [2.24, 2.45) is 5.92 Å². The lowest BCUT2D eigenvalue weighted by molar-refractivity contribution is 0.367. The SMILES string of the molecule is CC(C)[C@@H]1CN(c2ccc(-c3ccc(S(C)(=O)=O)cc3)nn2)CCN1. The molecule has 1 aliphatic rings. The standard InChI is InChI=1S/C18H24N4O2S/c1-13(2)17-12-22(11-10-19-17)18-9-8-16(20-21-18)14-4-6-15(7-5-14)25(3,23)24/h4-9,13,17,19H,10-12H2,1-3H3/t17-/m0/s1. The van der Waals surface area contributed by atoms with Gasteiger partial charge in [0.15, 0.2) is 15.7 Å². The first-order valence-electron chi connectivity index (χ1n) is 8.47. The number of rotatable bonds is 4. The van der Waals surface area contributed by atoms with Crippen molar-refractivity contribution in [3.05, 3.63) is 36.4 Å². The van der Waals surface area contributed by atoms with Gasteiger partial charge in [-0.1, -0.05) is 26.0 Å². The molecular formula is C18H24N4O2S. The molecule has 3 rings (SSSR count). The summed E-state index contributed by atoms with van der Waals surface area (Å²) in [6.07, 6.45) is 1.20. The molecule has 1 aromatic heterocycles. The van der Waals surface area contributed by atoms with Gasteiger partial charge in [-0.15, -0.1) is 10.2 Å². The number of hydrogen-bond acceptors (Lipinski definition) is 6. The van der Waals surface area contributed by atoms with Crippen LogP contribution in [-0.2, 0) is 9.84 Å². The lowest BCUT2D eigenvalue weighted by atomic mass is 10.0. The fourth-order valence-electron chi connectivity index (χ4n) is 2.95. The van der Waals surface area contributed by atoms with E-state index in [1.54, 1.807) is 24.3 Å². The zero-order chi connectivity index (χ0) is 18.0. The summed E-state index contributed by atoms with van der Waals surface area (Å²) in [5, 5.41) is 12.2. The largest absolute Gasteiger partial charge is 0.352 e. The van der Waals surface area contributed by atoms with Crippen LogP contribution < -0.4 is 10.2 Å². The predicted octanol–water partition coefficient (Wildman–Crippen LogP) is 1.98. The Morgan fingerprint density at radius 2 is 1.84 bits per heavy atom. The van der Waals surface area contributed by atoms with Gasteiger partial charge in [-0.05, 0) is 30.2 Å². The average Bonchev–Trinajstić information content (AvgIpc) is 2.61. The highest BCUT2D eigenvalue weighted by molar-refractivity contribution is 7.90. The minimum Gasteiger partial charge on any atom is -0.352 e. The van der Waals surface area contributed by atoms with Gasteiger partial charge in [0, 0.05) is 37.5 Å². The van der Waals surface area contributed by atoms with Crippen LogP contribution in [0.15, 0.2) is 41.3 Å². The molecule has 0 amide bonds. The Morgan fingerprint density at radius 1 is 1.12 bits per heavy atom. The first-order chi connectivity index (χ1) is 11.8. The number of sulfone groups is 1. The molecule has 0 aliphatic carbocycles. The lowest BCUT2D eigenvalue weighted by Gasteiger charge is -2.36. The second-order valence-corrected chi connectivity index (χ2v) is 8.84. The van der Waals surface area contributed by atoms with Crippen molar-refractivity contribution in [1.29, 1.82) is 0 Å². The minimum atomic E-state index is -3.18. The van der Waals surface area contributed by atoms with Gasteiger partial charge in [0.1, 0.15) is 0 Å². The smallest absolute Gasteiger partial charge is 0.175 e. The Morgan fingerprint density at radius 3 is 2.40 bits per heavy atom. The Kier molecular flexibility index (Phi) is 5.06. The summed E-state index contributed by atoms with van der Waals surface area (Å²) in [6, 6.07) is 11.1. The minimum absolute atomic E-state index is 0.307. The highest BCUT2D eigenvalue weighted by Gasteiger charge is 2.22. The third-order valence-electron chi connectivity index (χ3n) is 4.56. The average molecular weight is 360 g/mol. The molecule has 1 aliphatic heterocycles. The fourth-order valence-corrected chi connectivity index (χ4v) is 3.58. The fraction of sp³-hybridized carbons (Fsp3) is 0.444. The summed E-state index contributed by atoms with van der Waals surface area (Å²) in [6.45, 7) is 7.22. The molecule has 6 nitrogen and oxygen atoms in total. The molecule has 1 saturated heterocycles. The van der Waals surface area contributed by atoms with Gasteiger partial charge in [-0.2, -0.15) is 0 Å². The van der Waals surface area contributed by atoms with E-state index in [-0.39, 0.29) is 0 Å². The third kappa shape index (κ3) is 4.16. The van der Waals surface area contributed by atoms with E-state index in [4.69, 9.17) is 0 Å². The van der Waals surface area contributed by atoms with Gasteiger partial charge >= 0.3 is 0 Å². The Hall–Kier alpha value is -1.99. The van der Waals surface area contributed by atoms with Crippen LogP contribution in [0.25, 0.3) is 11.3 Å². The first-order valence-corrected chi connectivity index (χ1v) is 10.4. The van der Waals surface area contributed by atoms with Crippen LogP contribution in [0.4, 0.5) is 5.82 Å². The molecule has 134 valence electrons. The molecule has 0 unspecified atom stereocenters. The number of nitrogens with zero attached hydrogens (tertiary/aromatic N) is 3. The number of benzene rings is 1. The molecule has 2 aromatic rings. The zero-order valence-electron chi connectivity index (χ0n) is 14.8. The molecule has 1 N–H and O–H groups in total. The molecule has 1 aromatic carbocycles. The van der Waals surface area contributed by atoms with E-state index in [2.05, 4.69) is 34.3 Å². The molecule has 0 saturated carbocycles. The summed E-state index contributed by atoms with van der Waals surface area (Å²) in [5.41, 5.74) is 1.59. The van der Waals surface area contributed by atoms with Crippen LogP contribution in [0.3, 0.4) is 0 Å². The highest BCUT2D eigenvalue weighted by Crippen LogP contribution is 2.21. The normalized spacial score (nSPS) is 18.6. The Balaban J connectivity index is 1.76. The van der Waals surface area contributed by atoms with Crippen molar-refractivity contribution in [2.75, 3.05) is 30.8 Å². The van der Waals surface area contributed by atoms with E-state index in [0.717, 1.165) is 36.7 Å². The summed E-state index contributed by atoms with van der Waals surface area (Å²) in [7, 11) is -3.18. The van der Waals surface area contributed by atoms with E-state index >= 15 is 0 Å². The molecule has 7 heteroatoms. The van der Waals surface area contributed by atoms with E-state index in [9.17, 15) is 8.42 Å². The van der Waals surface area contributed by atoms with Crippen LogP contribution in [0.5, 0.6) is 0 Å². The third-order valence-corrected chi connectivity index (χ3v) is 5.69. The summed E-state index contributed by atoms with van der Waals surface area (Å²) in [5.74, 6) is 1.45. The Bertz CT molecular complexity index is 817. The number of anilines is 1. The molecule has 0 bridgehead atoms. The second-order valence-electron chi connectivity index (χ2n) is 6.82. The monoisotopic (exact) mass is 360 g/mol. The van der Waals surface area contributed by atoms with Crippen LogP contribution in [0, 0.1) is 5.92 Å². The zero-order valence-corrected chi connectivity index (χ0v) is 15.6. The van der Waals surface area contributed by atoms with Crippen molar-refractivity contribution in [3.8, 4) is 11.3 Å². The van der Waals surface area contributed by atoms with Crippen LogP contribution in [0.2, 0.25) is 0 Å². The summed E-state index contributed by atoms with van der Waals surface area (Å²) in [4.78, 5) is 2.56. The maximum absolute atomic E-state index is 11.5. The van der Waals surface area contributed by atoms with E-state index in [1.165, 1.54) is 6.26 Å².